The highest BCUT2D eigenvalue weighted by molar-refractivity contribution is 5.55. The third-order valence-corrected chi connectivity index (χ3v) is 4.93. The van der Waals surface area contributed by atoms with E-state index in [2.05, 4.69) is 48.3 Å². The average molecular weight is 274 g/mol. The highest BCUT2D eigenvalue weighted by Crippen LogP contribution is 2.29. The van der Waals surface area contributed by atoms with Crippen LogP contribution < -0.4 is 10.2 Å². The molecule has 3 atom stereocenters. The van der Waals surface area contributed by atoms with E-state index in [-0.39, 0.29) is 0 Å². The summed E-state index contributed by atoms with van der Waals surface area (Å²) in [6.45, 7) is 8.51. The van der Waals surface area contributed by atoms with Crippen LogP contribution in [0.5, 0.6) is 0 Å². The monoisotopic (exact) mass is 274 g/mol. The minimum Gasteiger partial charge on any atom is -0.379 e. The molecule has 0 aliphatic carbocycles. The van der Waals surface area contributed by atoms with E-state index in [4.69, 9.17) is 4.74 Å². The summed E-state index contributed by atoms with van der Waals surface area (Å²) in [5.74, 6) is 0.703. The zero-order valence-electron chi connectivity index (χ0n) is 12.6. The van der Waals surface area contributed by atoms with Crippen molar-refractivity contribution in [2.75, 3.05) is 24.7 Å². The number of ether oxygens (including phenoxy) is 1. The number of hydrogen-bond acceptors (Lipinski definition) is 3. The summed E-state index contributed by atoms with van der Waals surface area (Å²) in [5, 5.41) is 3.76. The van der Waals surface area contributed by atoms with Crippen LogP contribution in [0.15, 0.2) is 24.3 Å². The number of benzene rings is 1. The van der Waals surface area contributed by atoms with Crippen LogP contribution in [0.25, 0.3) is 0 Å². The first-order valence-corrected chi connectivity index (χ1v) is 7.95. The normalized spacial score (nSPS) is 28.0. The van der Waals surface area contributed by atoms with Crippen LogP contribution in [0.3, 0.4) is 0 Å². The molecule has 2 aliphatic heterocycles. The van der Waals surface area contributed by atoms with Gasteiger partial charge in [0.1, 0.15) is 0 Å². The lowest BCUT2D eigenvalue weighted by Crippen LogP contribution is -2.46. The zero-order chi connectivity index (χ0) is 13.9. The smallest absolute Gasteiger partial charge is 0.0670 e. The summed E-state index contributed by atoms with van der Waals surface area (Å²) in [6.07, 6.45) is 2.38. The van der Waals surface area contributed by atoms with E-state index in [1.807, 2.05) is 0 Å². The minimum atomic E-state index is 0.544. The molecule has 110 valence electrons. The SMILES string of the molecule is CCC(C)C1CN(C2CCOC2)c2ccccc2CN1. The molecular weight excluding hydrogens is 248 g/mol. The van der Waals surface area contributed by atoms with Crippen molar-refractivity contribution >= 4 is 5.69 Å². The molecule has 0 saturated carbocycles. The number of anilines is 1. The fraction of sp³-hybridized carbons (Fsp3) is 0.647. The van der Waals surface area contributed by atoms with Gasteiger partial charge in [-0.3, -0.25) is 0 Å². The van der Waals surface area contributed by atoms with Crippen molar-refractivity contribution in [1.29, 1.82) is 0 Å². The summed E-state index contributed by atoms with van der Waals surface area (Å²) < 4.78 is 5.63. The van der Waals surface area contributed by atoms with E-state index in [1.165, 1.54) is 17.7 Å². The molecule has 1 aromatic carbocycles. The molecule has 3 heteroatoms. The van der Waals surface area contributed by atoms with Gasteiger partial charge in [0.15, 0.2) is 0 Å². The molecule has 0 radical (unpaired) electrons. The number of para-hydroxylation sites is 1. The van der Waals surface area contributed by atoms with Gasteiger partial charge >= 0.3 is 0 Å². The summed E-state index contributed by atoms with van der Waals surface area (Å²) in [7, 11) is 0. The summed E-state index contributed by atoms with van der Waals surface area (Å²) in [4.78, 5) is 2.60. The van der Waals surface area contributed by atoms with Crippen molar-refractivity contribution in [1.82, 2.24) is 5.32 Å². The second-order valence-electron chi connectivity index (χ2n) is 6.17. The number of rotatable bonds is 3. The molecule has 1 N–H and O–H groups in total. The lowest BCUT2D eigenvalue weighted by molar-refractivity contribution is 0.192. The van der Waals surface area contributed by atoms with Gasteiger partial charge in [0, 0.05) is 31.4 Å². The Hall–Kier alpha value is -1.06. The Labute approximate surface area is 122 Å². The van der Waals surface area contributed by atoms with E-state index in [0.717, 1.165) is 32.7 Å². The summed E-state index contributed by atoms with van der Waals surface area (Å²) >= 11 is 0. The highest BCUT2D eigenvalue weighted by atomic mass is 16.5. The molecule has 3 rings (SSSR count). The topological polar surface area (TPSA) is 24.5 Å². The van der Waals surface area contributed by atoms with E-state index in [9.17, 15) is 0 Å². The fourth-order valence-electron chi connectivity index (χ4n) is 3.34. The molecule has 20 heavy (non-hydrogen) atoms. The van der Waals surface area contributed by atoms with E-state index >= 15 is 0 Å². The molecule has 0 aromatic heterocycles. The predicted molar refractivity (Wildman–Crippen MR) is 83.1 cm³/mol. The molecule has 3 nitrogen and oxygen atoms in total. The largest absolute Gasteiger partial charge is 0.379 e. The third kappa shape index (κ3) is 2.70. The highest BCUT2D eigenvalue weighted by Gasteiger charge is 2.30. The Morgan fingerprint density at radius 3 is 3.00 bits per heavy atom. The standard InChI is InChI=1S/C17H26N2O/c1-3-13(2)16-11-19(15-8-9-20-12-15)17-7-5-4-6-14(17)10-18-16/h4-7,13,15-16,18H,3,8-12H2,1-2H3. The maximum Gasteiger partial charge on any atom is 0.0670 e. The van der Waals surface area contributed by atoms with Crippen molar-refractivity contribution in [2.24, 2.45) is 5.92 Å². The molecule has 0 bridgehead atoms. The number of fused-ring (bicyclic) bond motifs is 1. The Bertz CT molecular complexity index is 442. The van der Waals surface area contributed by atoms with Gasteiger partial charge in [0.25, 0.3) is 0 Å². The first-order valence-electron chi connectivity index (χ1n) is 7.95. The first kappa shape index (κ1) is 13.9. The maximum atomic E-state index is 5.63. The quantitative estimate of drug-likeness (QED) is 0.917. The van der Waals surface area contributed by atoms with Crippen LogP contribution in [-0.2, 0) is 11.3 Å². The van der Waals surface area contributed by atoms with Crippen molar-refractivity contribution in [3.05, 3.63) is 29.8 Å². The third-order valence-electron chi connectivity index (χ3n) is 4.93. The molecule has 1 saturated heterocycles. The van der Waals surface area contributed by atoms with E-state index in [1.54, 1.807) is 0 Å². The van der Waals surface area contributed by atoms with Crippen LogP contribution in [0, 0.1) is 5.92 Å². The van der Waals surface area contributed by atoms with Gasteiger partial charge in [-0.05, 0) is 24.0 Å². The molecular formula is C17H26N2O. The maximum absolute atomic E-state index is 5.63. The van der Waals surface area contributed by atoms with Gasteiger partial charge in [-0.25, -0.2) is 0 Å². The van der Waals surface area contributed by atoms with Gasteiger partial charge in [0.05, 0.1) is 12.6 Å². The molecule has 3 unspecified atom stereocenters. The number of hydrogen-bond donors (Lipinski definition) is 1. The summed E-state index contributed by atoms with van der Waals surface area (Å²) in [6, 6.07) is 9.94. The van der Waals surface area contributed by atoms with Gasteiger partial charge < -0.3 is 15.0 Å². The Balaban J connectivity index is 1.89. The fourth-order valence-corrected chi connectivity index (χ4v) is 3.34. The van der Waals surface area contributed by atoms with Crippen molar-refractivity contribution < 1.29 is 4.74 Å². The Morgan fingerprint density at radius 1 is 1.40 bits per heavy atom. The molecule has 0 spiro atoms. The number of nitrogens with one attached hydrogen (secondary N) is 1. The van der Waals surface area contributed by atoms with Gasteiger partial charge in [0.2, 0.25) is 0 Å². The second-order valence-corrected chi connectivity index (χ2v) is 6.17. The zero-order valence-corrected chi connectivity index (χ0v) is 12.6. The van der Waals surface area contributed by atoms with Crippen molar-refractivity contribution in [2.45, 2.75) is 45.3 Å². The average Bonchev–Trinajstić information content (AvgIpc) is 2.94. The van der Waals surface area contributed by atoms with Crippen LogP contribution >= 0.6 is 0 Å². The summed E-state index contributed by atoms with van der Waals surface area (Å²) in [5.41, 5.74) is 2.83. The second kappa shape index (κ2) is 6.15. The van der Waals surface area contributed by atoms with Gasteiger partial charge in [-0.15, -0.1) is 0 Å². The minimum absolute atomic E-state index is 0.544. The molecule has 1 fully saturated rings. The molecule has 1 aromatic rings. The van der Waals surface area contributed by atoms with Gasteiger partial charge in [-0.1, -0.05) is 38.5 Å². The Kier molecular flexibility index (Phi) is 4.27. The van der Waals surface area contributed by atoms with Crippen molar-refractivity contribution in [3.8, 4) is 0 Å². The van der Waals surface area contributed by atoms with Crippen LogP contribution in [0.4, 0.5) is 5.69 Å². The lowest BCUT2D eigenvalue weighted by atomic mass is 9.98. The predicted octanol–water partition coefficient (Wildman–Crippen LogP) is 2.80. The first-order chi connectivity index (χ1) is 9.79. The molecule has 0 amide bonds. The van der Waals surface area contributed by atoms with E-state index < -0.39 is 0 Å². The molecule has 2 heterocycles. The molecule has 2 aliphatic rings. The number of nitrogens with zero attached hydrogens (tertiary/aromatic N) is 1. The van der Waals surface area contributed by atoms with Crippen LogP contribution in [0.2, 0.25) is 0 Å². The van der Waals surface area contributed by atoms with E-state index in [0.29, 0.717) is 18.0 Å². The van der Waals surface area contributed by atoms with Gasteiger partial charge in [-0.2, -0.15) is 0 Å². The Morgan fingerprint density at radius 2 is 2.25 bits per heavy atom. The van der Waals surface area contributed by atoms with Crippen molar-refractivity contribution in [3.63, 3.8) is 0 Å². The van der Waals surface area contributed by atoms with Crippen LogP contribution in [-0.4, -0.2) is 31.8 Å². The lowest BCUT2D eigenvalue weighted by Gasteiger charge is -2.34. The van der Waals surface area contributed by atoms with Crippen LogP contribution in [0.1, 0.15) is 32.3 Å².